The average molecular weight is 1410 g/mol. The molecule has 0 saturated carbocycles. The molecule has 6 aromatic heterocycles. The van der Waals surface area contributed by atoms with Crippen LogP contribution in [0.15, 0.2) is 98.1 Å². The van der Waals surface area contributed by atoms with E-state index in [0.717, 1.165) is 0 Å². The van der Waals surface area contributed by atoms with Crippen LogP contribution in [0.1, 0.15) is 53.1 Å². The van der Waals surface area contributed by atoms with Crippen molar-refractivity contribution >= 4 is 72.6 Å². The fourth-order valence-corrected chi connectivity index (χ4v) is 10.1. The Morgan fingerprint density at radius 1 is 0.551 bits per heavy atom. The zero-order valence-electron chi connectivity index (χ0n) is 53.3. The maximum Gasteiger partial charge on any atom is 0.471 e. The summed E-state index contributed by atoms with van der Waals surface area (Å²) in [6.45, 7) is 1.35. The minimum absolute atomic E-state index is 0.0839. The second-order valence-electron chi connectivity index (χ2n) is 22.1. The predicted molar refractivity (Wildman–Crippen MR) is 337 cm³/mol. The molecule has 0 radical (unpaired) electrons. The van der Waals surface area contributed by atoms with Gasteiger partial charge in [-0.05, 0) is 38.1 Å². The van der Waals surface area contributed by atoms with Gasteiger partial charge >= 0.3 is 7.82 Å². The van der Waals surface area contributed by atoms with Crippen LogP contribution in [0.2, 0.25) is 0 Å². The number of phosphoric ester groups is 2. The number of piperazine rings is 2. The van der Waals surface area contributed by atoms with Gasteiger partial charge in [-0.2, -0.15) is 10.2 Å². The number of Topliss-reactive ketones (excluding diaryl/α,β-unsaturated/α-hetero) is 2. The summed E-state index contributed by atoms with van der Waals surface area (Å²) in [4.78, 5) is 142. The number of aliphatic hydroxyl groups excluding tert-OH is 6. The minimum atomic E-state index is -5.15. The van der Waals surface area contributed by atoms with Crippen molar-refractivity contribution in [2.75, 3.05) is 106 Å². The van der Waals surface area contributed by atoms with E-state index in [0.29, 0.717) is 22.8 Å². The smallest absolute Gasteiger partial charge is 0.471 e. The molecule has 98 heavy (non-hydrogen) atoms. The molecule has 528 valence electrons. The number of ketones is 2. The third kappa shape index (κ3) is 18.7. The number of hydrogen-bond donors (Lipinski definition) is 11. The highest BCUT2D eigenvalue weighted by Crippen LogP contribution is 2.40. The van der Waals surface area contributed by atoms with E-state index in [1.807, 2.05) is 12.1 Å². The SMILES string of the molecule is COc1cnc(-n2cnc(C)n2)c2c1c(C(=O)C(=O)N1CCN(C(=O)c3ccccc3)CC1)cn2COP(=O)(O)O.COc1cnc(-n2cnc(C)n2)c2c1c(C(=O)C(=O)N1CCN(C(=O)c3ccccc3)CC1)cn2COP(=O)([O-])O.NC(CO)(CO)CO.[NH3+]C(CO)(CO)CO. The lowest BCUT2D eigenvalue weighted by molar-refractivity contribution is -0.494. The Labute approximate surface area is 556 Å². The Morgan fingerprint density at radius 3 is 1.17 bits per heavy atom. The van der Waals surface area contributed by atoms with Crippen LogP contribution in [-0.2, 0) is 41.2 Å². The fourth-order valence-electron chi connectivity index (χ4n) is 9.51. The molecule has 40 heteroatoms. The molecule has 2 aliphatic heterocycles. The normalized spacial score (nSPS) is 14.1. The van der Waals surface area contributed by atoms with E-state index in [-0.39, 0.29) is 140 Å². The van der Waals surface area contributed by atoms with Crippen molar-refractivity contribution in [3.63, 3.8) is 0 Å². The molecular formula is C58H74N16O22P2. The van der Waals surface area contributed by atoms with Crippen LogP contribution in [0.3, 0.4) is 0 Å². The molecule has 10 rings (SSSR count). The van der Waals surface area contributed by atoms with Gasteiger partial charge < -0.3 is 99.9 Å². The molecule has 1 atom stereocenters. The van der Waals surface area contributed by atoms with Gasteiger partial charge in [0.2, 0.25) is 0 Å². The zero-order valence-corrected chi connectivity index (χ0v) is 55.1. The third-order valence-electron chi connectivity index (χ3n) is 15.1. The first kappa shape index (κ1) is 76.2. The van der Waals surface area contributed by atoms with Gasteiger partial charge in [0.1, 0.15) is 80.1 Å². The number of rotatable bonds is 22. The van der Waals surface area contributed by atoms with Gasteiger partial charge in [-0.25, -0.2) is 33.9 Å². The molecule has 2 aliphatic rings. The van der Waals surface area contributed by atoms with Crippen LogP contribution < -0.4 is 25.8 Å². The summed E-state index contributed by atoms with van der Waals surface area (Å²) in [5.74, 6) is -2.29. The van der Waals surface area contributed by atoms with E-state index in [1.165, 1.54) is 80.0 Å². The topological polar surface area (TPSA) is 542 Å². The second kappa shape index (κ2) is 33.4. The van der Waals surface area contributed by atoms with Gasteiger partial charge in [-0.1, -0.05) is 36.4 Å². The number of benzene rings is 2. The number of pyridine rings is 2. The number of carbonyl (C=O) groups is 6. The number of phosphoric acid groups is 2. The van der Waals surface area contributed by atoms with Crippen LogP contribution in [0.5, 0.6) is 11.5 Å². The summed E-state index contributed by atoms with van der Waals surface area (Å²) in [5, 5.41) is 59.0. The number of fused-ring (bicyclic) bond motifs is 2. The van der Waals surface area contributed by atoms with Crippen LogP contribution in [0, 0.1) is 13.8 Å². The van der Waals surface area contributed by atoms with Crippen molar-refractivity contribution in [2.24, 2.45) is 5.73 Å². The fraction of sp³-hybridized carbons (Fsp3) is 0.379. The summed E-state index contributed by atoms with van der Waals surface area (Å²) in [5.41, 5.74) is 7.56. The summed E-state index contributed by atoms with van der Waals surface area (Å²) in [6.07, 6.45) is 7.92. The molecular weight excluding hydrogens is 1330 g/mol. The lowest BCUT2D eigenvalue weighted by Crippen LogP contribution is -2.78. The Morgan fingerprint density at radius 2 is 0.898 bits per heavy atom. The number of carbonyl (C=O) groups excluding carboxylic acids is 6. The quantitative estimate of drug-likeness (QED) is 0.0177. The Bertz CT molecular complexity index is 3910. The number of aryl methyl sites for hydroxylation is 2. The van der Waals surface area contributed by atoms with Gasteiger partial charge in [0, 0.05) is 75.9 Å². The first-order valence-corrected chi connectivity index (χ1v) is 32.5. The molecule has 2 aromatic carbocycles. The Hall–Kier alpha value is -9.18. The number of aliphatic hydroxyl groups is 6. The van der Waals surface area contributed by atoms with E-state index in [9.17, 15) is 57.5 Å². The first-order chi connectivity index (χ1) is 46.5. The minimum Gasteiger partial charge on any atom is -0.756 e. The maximum atomic E-state index is 13.6. The molecule has 8 heterocycles. The predicted octanol–water partition coefficient (Wildman–Crippen LogP) is -3.69. The van der Waals surface area contributed by atoms with Crippen molar-refractivity contribution in [1.82, 2.24) is 68.2 Å². The molecule has 38 nitrogen and oxygen atoms in total. The molecule has 2 fully saturated rings. The molecule has 0 spiro atoms. The highest BCUT2D eigenvalue weighted by atomic mass is 31.2. The van der Waals surface area contributed by atoms with Crippen molar-refractivity contribution in [2.45, 2.75) is 38.4 Å². The third-order valence-corrected chi connectivity index (χ3v) is 16.0. The van der Waals surface area contributed by atoms with Crippen LogP contribution in [0.25, 0.3) is 33.4 Å². The first-order valence-electron chi connectivity index (χ1n) is 29.4. The number of nitrogens with two attached hydrogens (primary N) is 1. The van der Waals surface area contributed by atoms with Crippen molar-refractivity contribution in [3.05, 3.63) is 132 Å². The summed E-state index contributed by atoms with van der Waals surface area (Å²) in [6, 6.07) is 17.6. The van der Waals surface area contributed by atoms with Crippen molar-refractivity contribution < 1.29 is 112 Å². The summed E-state index contributed by atoms with van der Waals surface area (Å²) in [7, 11) is -7.35. The van der Waals surface area contributed by atoms with E-state index in [1.54, 1.807) is 72.2 Å². The van der Waals surface area contributed by atoms with Crippen LogP contribution in [-0.4, -0.2) is 266 Å². The lowest BCUT2D eigenvalue weighted by Gasteiger charge is -2.34. The van der Waals surface area contributed by atoms with Gasteiger partial charge in [0.05, 0.1) is 73.9 Å². The molecule has 8 aromatic rings. The molecule has 2 saturated heterocycles. The van der Waals surface area contributed by atoms with Crippen molar-refractivity contribution in [3.8, 4) is 23.1 Å². The average Bonchev–Trinajstić information content (AvgIpc) is 1.59. The Kier molecular flexibility index (Phi) is 26.0. The highest BCUT2D eigenvalue weighted by Gasteiger charge is 2.36. The van der Waals surface area contributed by atoms with Gasteiger partial charge in [-0.3, -0.25) is 42.4 Å². The van der Waals surface area contributed by atoms with Gasteiger partial charge in [0.25, 0.3) is 43.0 Å². The zero-order chi connectivity index (χ0) is 71.9. The summed E-state index contributed by atoms with van der Waals surface area (Å²) < 4.78 is 48.1. The van der Waals surface area contributed by atoms with E-state index in [2.05, 4.69) is 40.4 Å². The number of hydrogen-bond acceptors (Lipinski definition) is 26. The van der Waals surface area contributed by atoms with E-state index < -0.39 is 83.4 Å². The molecule has 1 unspecified atom stereocenters. The molecule has 4 amide bonds. The number of methoxy groups -OCH3 is 2. The number of ether oxygens (including phenoxy) is 2. The van der Waals surface area contributed by atoms with Crippen molar-refractivity contribution in [1.29, 1.82) is 0 Å². The molecule has 14 N–H and O–H groups in total. The van der Waals surface area contributed by atoms with E-state index in [4.69, 9.17) is 50.4 Å². The van der Waals surface area contributed by atoms with Gasteiger partial charge in [0.15, 0.2) is 17.2 Å². The van der Waals surface area contributed by atoms with Crippen LogP contribution in [0.4, 0.5) is 0 Å². The van der Waals surface area contributed by atoms with Gasteiger partial charge in [-0.15, -0.1) is 0 Å². The standard InChI is InChI=1S/2C25H26N7O8P.2C4H11NO3/c2*1-16-27-14-32(28-16)23-21-20(19(39-2)12-26-23)18(13-31(21)15-40-41(36,37)38)22(33)25(35)30-10-8-29(9-11-30)24(34)17-6-4-3-5-7-17;2*5-4(1-6,2-7)3-8/h2*3-7,12-14H,8-11,15H2,1-2H3,(H2,36,37,38);2*6-8H,1-3,5H2. The second-order valence-corrected chi connectivity index (χ2v) is 24.5. The number of amides is 4. The maximum absolute atomic E-state index is 13.6. The highest BCUT2D eigenvalue weighted by molar-refractivity contribution is 7.46. The number of aromatic nitrogens is 10. The molecule has 0 aliphatic carbocycles. The number of nitrogens with zero attached hydrogens (tertiary/aromatic N) is 14. The van der Waals surface area contributed by atoms with E-state index >= 15 is 0 Å². The van der Waals surface area contributed by atoms with Crippen LogP contribution >= 0.6 is 15.6 Å². The summed E-state index contributed by atoms with van der Waals surface area (Å²) >= 11 is 0. The molecule has 0 bridgehead atoms. The Balaban J connectivity index is 0.000000225. The lowest BCUT2D eigenvalue weighted by atomic mass is 10.1. The number of quaternary nitrogens is 1. The largest absolute Gasteiger partial charge is 0.756 e. The monoisotopic (exact) mass is 1410 g/mol.